The monoisotopic (exact) mass is 750 g/mol. The van der Waals surface area contributed by atoms with Gasteiger partial charge in [-0.15, -0.1) is 0 Å². The van der Waals surface area contributed by atoms with Crippen molar-refractivity contribution in [2.45, 2.75) is 18.3 Å². The fourth-order valence-electron chi connectivity index (χ4n) is 7.79. The van der Waals surface area contributed by atoms with Crippen LogP contribution in [-0.2, 0) is 0 Å². The molecule has 2 fully saturated rings. The molecular formula is C48H42N6O3. The average molecular weight is 751 g/mol. The molecule has 0 spiro atoms. The molecular weight excluding hydrogens is 709 g/mol. The van der Waals surface area contributed by atoms with Gasteiger partial charge in [-0.05, 0) is 77.7 Å². The molecule has 0 radical (unpaired) electrons. The molecule has 0 aliphatic carbocycles. The van der Waals surface area contributed by atoms with E-state index in [1.54, 1.807) is 7.11 Å². The smallest absolute Gasteiger partial charge is 0.253 e. The minimum Gasteiger partial charge on any atom is -0.496 e. The fourth-order valence-corrected chi connectivity index (χ4v) is 7.79. The number of amides is 2. The van der Waals surface area contributed by atoms with Gasteiger partial charge in [0.25, 0.3) is 11.8 Å². The summed E-state index contributed by atoms with van der Waals surface area (Å²) in [4.78, 5) is 45.7. The van der Waals surface area contributed by atoms with Crippen LogP contribution in [0.25, 0.3) is 44.3 Å². The summed E-state index contributed by atoms with van der Waals surface area (Å²) < 4.78 is 5.43. The molecule has 9 nitrogen and oxygen atoms in total. The van der Waals surface area contributed by atoms with E-state index in [0.29, 0.717) is 25.2 Å². The van der Waals surface area contributed by atoms with Crippen LogP contribution in [0.15, 0.2) is 152 Å². The number of hydrogen-bond donors (Lipinski definition) is 2. The predicted octanol–water partition coefficient (Wildman–Crippen LogP) is 9.34. The molecule has 2 aliphatic heterocycles. The zero-order valence-corrected chi connectivity index (χ0v) is 31.6. The third-order valence-electron chi connectivity index (χ3n) is 11.0. The van der Waals surface area contributed by atoms with Gasteiger partial charge < -0.3 is 24.5 Å². The second kappa shape index (κ2) is 15.6. The Bertz CT molecular complexity index is 2600. The Morgan fingerprint density at radius 1 is 0.544 bits per heavy atom. The number of hydrogen-bond acceptors (Lipinski definition) is 5. The summed E-state index contributed by atoms with van der Waals surface area (Å²) in [6.07, 6.45) is 0.938. The van der Waals surface area contributed by atoms with Crippen molar-refractivity contribution in [3.63, 3.8) is 0 Å². The van der Waals surface area contributed by atoms with Gasteiger partial charge in [0, 0.05) is 48.8 Å². The second-order valence-electron chi connectivity index (χ2n) is 14.6. The van der Waals surface area contributed by atoms with E-state index in [0.717, 1.165) is 80.2 Å². The van der Waals surface area contributed by atoms with Crippen molar-refractivity contribution < 1.29 is 14.3 Å². The lowest BCUT2D eigenvalue weighted by Crippen LogP contribution is -2.48. The van der Waals surface area contributed by atoms with Crippen LogP contribution in [0.4, 0.5) is 0 Å². The SMILES string of the molecule is COc1ccccc1-c1ccc(C(=O)N2CC(c3nc4ccccc4[nH]3)C2)cc1.O=C(c1ccc(-c2ccccc2)cc1)N1CCC(c2nc3ccccc3[nH]2)C1. The quantitative estimate of drug-likeness (QED) is 0.169. The third kappa shape index (κ3) is 7.39. The number of likely N-dealkylation sites (tertiary alicyclic amines) is 2. The summed E-state index contributed by atoms with van der Waals surface area (Å²) in [7, 11) is 1.67. The van der Waals surface area contributed by atoms with Crippen molar-refractivity contribution in [3.05, 3.63) is 174 Å². The average Bonchev–Trinajstić information content (AvgIpc) is 4.03. The number of H-pyrrole nitrogens is 2. The highest BCUT2D eigenvalue weighted by Crippen LogP contribution is 2.32. The topological polar surface area (TPSA) is 107 Å². The summed E-state index contributed by atoms with van der Waals surface area (Å²) in [5.74, 6) is 3.45. The van der Waals surface area contributed by atoms with Crippen molar-refractivity contribution in [2.75, 3.05) is 33.3 Å². The van der Waals surface area contributed by atoms with Crippen LogP contribution in [0, 0.1) is 0 Å². The number of carbonyl (C=O) groups excluding carboxylic acids is 2. The van der Waals surface area contributed by atoms with E-state index in [1.807, 2.05) is 149 Å². The number of nitrogens with zero attached hydrogens (tertiary/aromatic N) is 4. The highest BCUT2D eigenvalue weighted by atomic mass is 16.5. The number of para-hydroxylation sites is 5. The molecule has 9 heteroatoms. The Morgan fingerprint density at radius 2 is 1.04 bits per heavy atom. The fraction of sp³-hybridized carbons (Fsp3) is 0.167. The second-order valence-corrected chi connectivity index (χ2v) is 14.6. The van der Waals surface area contributed by atoms with Gasteiger partial charge in [0.05, 0.1) is 35.1 Å². The molecule has 1 atom stereocenters. The van der Waals surface area contributed by atoms with Crippen LogP contribution >= 0.6 is 0 Å². The highest BCUT2D eigenvalue weighted by molar-refractivity contribution is 5.96. The predicted molar refractivity (Wildman–Crippen MR) is 224 cm³/mol. The highest BCUT2D eigenvalue weighted by Gasteiger charge is 2.34. The molecule has 282 valence electrons. The van der Waals surface area contributed by atoms with Gasteiger partial charge in [0.15, 0.2) is 0 Å². The van der Waals surface area contributed by atoms with Crippen LogP contribution < -0.4 is 4.74 Å². The van der Waals surface area contributed by atoms with Crippen LogP contribution in [0.1, 0.15) is 50.6 Å². The van der Waals surface area contributed by atoms with Crippen molar-refractivity contribution in [1.82, 2.24) is 29.7 Å². The molecule has 2 amide bonds. The van der Waals surface area contributed by atoms with Gasteiger partial charge in [-0.1, -0.05) is 97.1 Å². The molecule has 4 heterocycles. The summed E-state index contributed by atoms with van der Waals surface area (Å²) in [6, 6.07) is 49.8. The Kier molecular flexibility index (Phi) is 9.78. The zero-order chi connectivity index (χ0) is 38.7. The van der Waals surface area contributed by atoms with Crippen LogP contribution in [-0.4, -0.2) is 74.8 Å². The number of aromatic amines is 2. The molecule has 2 saturated heterocycles. The lowest BCUT2D eigenvalue weighted by atomic mass is 9.97. The van der Waals surface area contributed by atoms with Crippen LogP contribution in [0.5, 0.6) is 5.75 Å². The number of rotatable bonds is 7. The maximum absolute atomic E-state index is 12.9. The van der Waals surface area contributed by atoms with E-state index in [4.69, 9.17) is 9.72 Å². The Balaban J connectivity index is 0.000000148. The largest absolute Gasteiger partial charge is 0.496 e. The van der Waals surface area contributed by atoms with E-state index in [2.05, 4.69) is 27.1 Å². The molecule has 57 heavy (non-hydrogen) atoms. The maximum atomic E-state index is 12.9. The van der Waals surface area contributed by atoms with E-state index < -0.39 is 0 Å². The number of nitrogens with one attached hydrogen (secondary N) is 2. The van der Waals surface area contributed by atoms with Crippen LogP contribution in [0.3, 0.4) is 0 Å². The van der Waals surface area contributed by atoms with Crippen LogP contribution in [0.2, 0.25) is 0 Å². The van der Waals surface area contributed by atoms with Crippen molar-refractivity contribution >= 4 is 33.9 Å². The zero-order valence-electron chi connectivity index (χ0n) is 31.6. The molecule has 10 rings (SSSR count). The first kappa shape index (κ1) is 35.7. The number of benzene rings is 6. The molecule has 0 bridgehead atoms. The number of aromatic nitrogens is 4. The summed E-state index contributed by atoms with van der Waals surface area (Å²) in [5, 5.41) is 0. The lowest BCUT2D eigenvalue weighted by Gasteiger charge is -2.38. The summed E-state index contributed by atoms with van der Waals surface area (Å²) >= 11 is 0. The number of imidazole rings is 2. The first-order valence-corrected chi connectivity index (χ1v) is 19.4. The number of methoxy groups -OCH3 is 1. The van der Waals surface area contributed by atoms with Crippen molar-refractivity contribution in [3.8, 4) is 28.0 Å². The van der Waals surface area contributed by atoms with Crippen molar-refractivity contribution in [1.29, 1.82) is 0 Å². The molecule has 2 N–H and O–H groups in total. The minimum absolute atomic E-state index is 0.0592. The first-order valence-electron chi connectivity index (χ1n) is 19.4. The van der Waals surface area contributed by atoms with E-state index >= 15 is 0 Å². The van der Waals surface area contributed by atoms with Gasteiger partial charge >= 0.3 is 0 Å². The number of ether oxygens (including phenoxy) is 1. The molecule has 6 aromatic carbocycles. The van der Waals surface area contributed by atoms with Gasteiger partial charge in [-0.25, -0.2) is 9.97 Å². The molecule has 0 saturated carbocycles. The Hall–Kier alpha value is -7.00. The van der Waals surface area contributed by atoms with E-state index in [-0.39, 0.29) is 23.7 Å². The minimum atomic E-state index is 0.0592. The van der Waals surface area contributed by atoms with Gasteiger partial charge in [0.2, 0.25) is 0 Å². The number of fused-ring (bicyclic) bond motifs is 2. The Morgan fingerprint density at radius 3 is 1.65 bits per heavy atom. The molecule has 1 unspecified atom stereocenters. The molecule has 8 aromatic rings. The first-order chi connectivity index (χ1) is 28.0. The van der Waals surface area contributed by atoms with E-state index in [1.165, 1.54) is 0 Å². The summed E-state index contributed by atoms with van der Waals surface area (Å²) in [6.45, 7) is 2.85. The molecule has 2 aromatic heterocycles. The standard InChI is InChI=1S/C24H21N3O2.C24H21N3O/c1-29-22-9-5-2-6-19(22)16-10-12-17(13-11-16)24(28)27-14-18(15-27)23-25-20-7-3-4-8-21(20)26-23;28-24(19-12-10-18(11-13-19)17-6-2-1-3-7-17)27-15-14-20(16-27)23-25-21-8-4-5-9-22(21)26-23/h2-13,18H,14-15H2,1H3,(H,25,26);1-13,20H,14-16H2,(H,25,26). The van der Waals surface area contributed by atoms with Gasteiger partial charge in [-0.2, -0.15) is 0 Å². The van der Waals surface area contributed by atoms with Gasteiger partial charge in [0.1, 0.15) is 17.4 Å². The summed E-state index contributed by atoms with van der Waals surface area (Å²) in [5.41, 5.74) is 9.82. The maximum Gasteiger partial charge on any atom is 0.253 e. The van der Waals surface area contributed by atoms with E-state index in [9.17, 15) is 9.59 Å². The number of carbonyl (C=O) groups is 2. The molecule has 2 aliphatic rings. The van der Waals surface area contributed by atoms with Crippen molar-refractivity contribution in [2.24, 2.45) is 0 Å². The third-order valence-corrected chi connectivity index (χ3v) is 11.0. The Labute approximate surface area is 331 Å². The lowest BCUT2D eigenvalue weighted by molar-refractivity contribution is 0.0595. The normalized spacial score (nSPS) is 15.3. The van der Waals surface area contributed by atoms with Gasteiger partial charge in [-0.3, -0.25) is 9.59 Å².